The van der Waals surface area contributed by atoms with Gasteiger partial charge in [0.2, 0.25) is 0 Å². The molecular formula is C16H31N5S. The largest absolute Gasteiger partial charge is 0.357 e. The molecule has 1 unspecified atom stereocenters. The molecule has 0 saturated heterocycles. The minimum Gasteiger partial charge on any atom is -0.357 e. The summed E-state index contributed by atoms with van der Waals surface area (Å²) in [5.41, 5.74) is 1.10. The number of hydrogen-bond donors (Lipinski definition) is 1. The van der Waals surface area contributed by atoms with E-state index in [9.17, 15) is 0 Å². The van der Waals surface area contributed by atoms with E-state index in [0.29, 0.717) is 6.04 Å². The zero-order valence-corrected chi connectivity index (χ0v) is 15.7. The van der Waals surface area contributed by atoms with Gasteiger partial charge in [0.25, 0.3) is 0 Å². The highest BCUT2D eigenvalue weighted by atomic mass is 32.1. The maximum atomic E-state index is 4.80. The molecule has 0 aliphatic heterocycles. The highest BCUT2D eigenvalue weighted by Crippen LogP contribution is 2.10. The molecule has 0 fully saturated rings. The van der Waals surface area contributed by atoms with Crippen molar-refractivity contribution in [3.05, 3.63) is 16.1 Å². The first-order chi connectivity index (χ1) is 10.5. The van der Waals surface area contributed by atoms with Crippen molar-refractivity contribution >= 4 is 17.3 Å². The van der Waals surface area contributed by atoms with Crippen LogP contribution in [0.5, 0.6) is 0 Å². The minimum absolute atomic E-state index is 0.457. The zero-order chi connectivity index (χ0) is 16.5. The molecule has 0 radical (unpaired) electrons. The van der Waals surface area contributed by atoms with Gasteiger partial charge in [-0.25, -0.2) is 4.98 Å². The van der Waals surface area contributed by atoms with Gasteiger partial charge in [-0.15, -0.1) is 11.3 Å². The summed E-state index contributed by atoms with van der Waals surface area (Å²) in [5.74, 6) is 0.951. The fourth-order valence-electron chi connectivity index (χ4n) is 2.45. The van der Waals surface area contributed by atoms with Crippen LogP contribution in [0, 0.1) is 6.92 Å². The second-order valence-corrected chi connectivity index (χ2v) is 6.54. The number of aryl methyl sites for hydroxylation is 1. The van der Waals surface area contributed by atoms with Crippen molar-refractivity contribution in [2.45, 2.75) is 47.2 Å². The van der Waals surface area contributed by atoms with Crippen LogP contribution in [0.2, 0.25) is 0 Å². The van der Waals surface area contributed by atoms with Crippen molar-refractivity contribution in [1.29, 1.82) is 0 Å². The molecule has 0 aromatic carbocycles. The lowest BCUT2D eigenvalue weighted by Crippen LogP contribution is -2.40. The van der Waals surface area contributed by atoms with Crippen molar-refractivity contribution < 1.29 is 0 Å². The lowest BCUT2D eigenvalue weighted by molar-refractivity contribution is 0.236. The van der Waals surface area contributed by atoms with Gasteiger partial charge in [0.05, 0.1) is 23.8 Å². The van der Waals surface area contributed by atoms with Crippen molar-refractivity contribution in [1.82, 2.24) is 20.1 Å². The van der Waals surface area contributed by atoms with Gasteiger partial charge < -0.3 is 10.2 Å². The van der Waals surface area contributed by atoms with Crippen LogP contribution in [0.4, 0.5) is 0 Å². The number of aromatic nitrogens is 1. The van der Waals surface area contributed by atoms with E-state index in [1.54, 1.807) is 11.3 Å². The first-order valence-corrected chi connectivity index (χ1v) is 9.04. The Morgan fingerprint density at radius 1 is 1.36 bits per heavy atom. The van der Waals surface area contributed by atoms with Gasteiger partial charge in [-0.1, -0.05) is 13.8 Å². The summed E-state index contributed by atoms with van der Waals surface area (Å²) >= 11 is 1.69. The van der Waals surface area contributed by atoms with E-state index in [0.717, 1.165) is 49.4 Å². The molecule has 0 bridgehead atoms. The third-order valence-electron chi connectivity index (χ3n) is 3.70. The van der Waals surface area contributed by atoms with Gasteiger partial charge >= 0.3 is 0 Å². The third kappa shape index (κ3) is 5.93. The monoisotopic (exact) mass is 325 g/mol. The molecule has 1 aromatic heterocycles. The average molecular weight is 326 g/mol. The Morgan fingerprint density at radius 3 is 2.55 bits per heavy atom. The number of hydrogen-bond acceptors (Lipinski definition) is 4. The number of nitrogens with zero attached hydrogens (tertiary/aromatic N) is 4. The Labute approximate surface area is 139 Å². The Bertz CT molecular complexity index is 453. The Kier molecular flexibility index (Phi) is 8.42. The maximum absolute atomic E-state index is 4.80. The predicted octanol–water partition coefficient (Wildman–Crippen LogP) is 2.58. The van der Waals surface area contributed by atoms with Crippen LogP contribution in [0.25, 0.3) is 0 Å². The van der Waals surface area contributed by atoms with Crippen LogP contribution < -0.4 is 5.32 Å². The summed E-state index contributed by atoms with van der Waals surface area (Å²) in [4.78, 5) is 13.9. The summed E-state index contributed by atoms with van der Waals surface area (Å²) in [6.45, 7) is 15.4. The average Bonchev–Trinajstić information content (AvgIpc) is 2.89. The molecule has 126 valence electrons. The summed E-state index contributed by atoms with van der Waals surface area (Å²) in [6.07, 6.45) is 0. The standard InChI is InChI=1S/C16H31N5S/c1-7-17-16(18-10-13(4)21(8-2)9-3)20(6)11-15-12-22-14(5)19-15/h12-13H,7-11H2,1-6H3,(H,17,18). The predicted molar refractivity (Wildman–Crippen MR) is 96.7 cm³/mol. The molecular weight excluding hydrogens is 294 g/mol. The topological polar surface area (TPSA) is 43.8 Å². The Balaban J connectivity index is 2.67. The van der Waals surface area contributed by atoms with Crippen molar-refractivity contribution in [3.63, 3.8) is 0 Å². The SMILES string of the molecule is CCNC(=NCC(C)N(CC)CC)N(C)Cc1csc(C)n1. The van der Waals surface area contributed by atoms with Crippen molar-refractivity contribution in [3.8, 4) is 0 Å². The highest BCUT2D eigenvalue weighted by molar-refractivity contribution is 7.09. The molecule has 1 heterocycles. The molecule has 5 nitrogen and oxygen atoms in total. The number of rotatable bonds is 8. The van der Waals surface area contributed by atoms with E-state index in [1.807, 2.05) is 6.92 Å². The van der Waals surface area contributed by atoms with E-state index in [2.05, 4.69) is 60.2 Å². The molecule has 1 N–H and O–H groups in total. The lowest BCUT2D eigenvalue weighted by atomic mass is 10.3. The number of likely N-dealkylation sites (N-methyl/N-ethyl adjacent to an activating group) is 1. The summed E-state index contributed by atoms with van der Waals surface area (Å²) < 4.78 is 0. The molecule has 0 saturated carbocycles. The van der Waals surface area contributed by atoms with Crippen LogP contribution in [0.1, 0.15) is 38.4 Å². The van der Waals surface area contributed by atoms with Crippen LogP contribution in [-0.2, 0) is 6.54 Å². The van der Waals surface area contributed by atoms with Crippen molar-refractivity contribution in [2.75, 3.05) is 33.2 Å². The van der Waals surface area contributed by atoms with Crippen LogP contribution in [-0.4, -0.2) is 60.0 Å². The normalized spacial score (nSPS) is 13.5. The van der Waals surface area contributed by atoms with E-state index in [1.165, 1.54) is 0 Å². The van der Waals surface area contributed by atoms with Gasteiger partial charge in [0.15, 0.2) is 5.96 Å². The molecule has 0 amide bonds. The minimum atomic E-state index is 0.457. The number of thiazole rings is 1. The molecule has 1 aromatic rings. The van der Waals surface area contributed by atoms with Gasteiger partial charge in [-0.05, 0) is 33.9 Å². The summed E-state index contributed by atoms with van der Waals surface area (Å²) in [5, 5.41) is 6.60. The first-order valence-electron chi connectivity index (χ1n) is 8.16. The maximum Gasteiger partial charge on any atom is 0.194 e. The third-order valence-corrected chi connectivity index (χ3v) is 4.53. The van der Waals surface area contributed by atoms with E-state index >= 15 is 0 Å². The summed E-state index contributed by atoms with van der Waals surface area (Å²) in [6, 6.07) is 0.457. The fourth-order valence-corrected chi connectivity index (χ4v) is 3.05. The number of aliphatic imine (C=N–C) groups is 1. The zero-order valence-electron chi connectivity index (χ0n) is 14.9. The van der Waals surface area contributed by atoms with E-state index < -0.39 is 0 Å². The smallest absolute Gasteiger partial charge is 0.194 e. The molecule has 22 heavy (non-hydrogen) atoms. The fraction of sp³-hybridized carbons (Fsp3) is 0.750. The molecule has 0 aliphatic rings. The lowest BCUT2D eigenvalue weighted by Gasteiger charge is -2.26. The van der Waals surface area contributed by atoms with Gasteiger partial charge in [0, 0.05) is 25.0 Å². The molecule has 0 aliphatic carbocycles. The number of nitrogens with one attached hydrogen (secondary N) is 1. The van der Waals surface area contributed by atoms with Gasteiger partial charge in [-0.2, -0.15) is 0 Å². The second-order valence-electron chi connectivity index (χ2n) is 5.48. The highest BCUT2D eigenvalue weighted by Gasteiger charge is 2.12. The molecule has 1 rings (SSSR count). The quantitative estimate of drug-likeness (QED) is 0.589. The Hall–Kier alpha value is -1.14. The molecule has 0 spiro atoms. The van der Waals surface area contributed by atoms with Gasteiger partial charge in [-0.3, -0.25) is 9.89 Å². The molecule has 1 atom stereocenters. The van der Waals surface area contributed by atoms with E-state index in [4.69, 9.17) is 4.99 Å². The van der Waals surface area contributed by atoms with Gasteiger partial charge in [0.1, 0.15) is 0 Å². The van der Waals surface area contributed by atoms with Crippen LogP contribution >= 0.6 is 11.3 Å². The molecule has 6 heteroatoms. The Morgan fingerprint density at radius 2 is 2.05 bits per heavy atom. The van der Waals surface area contributed by atoms with Crippen LogP contribution in [0.3, 0.4) is 0 Å². The van der Waals surface area contributed by atoms with E-state index in [-0.39, 0.29) is 0 Å². The second kappa shape index (κ2) is 9.79. The summed E-state index contributed by atoms with van der Waals surface area (Å²) in [7, 11) is 2.07. The van der Waals surface area contributed by atoms with Crippen LogP contribution in [0.15, 0.2) is 10.4 Å². The first kappa shape index (κ1) is 18.9. The number of guanidine groups is 1. The van der Waals surface area contributed by atoms with Crippen molar-refractivity contribution in [2.24, 2.45) is 4.99 Å².